The van der Waals surface area contributed by atoms with Gasteiger partial charge in [0.15, 0.2) is 0 Å². The molecule has 2 aromatic rings. The zero-order valence-corrected chi connectivity index (χ0v) is 20.4. The van der Waals surface area contributed by atoms with Crippen molar-refractivity contribution in [2.45, 2.75) is 77.0 Å². The number of aliphatic hydroxyl groups excluding tert-OH is 1. The van der Waals surface area contributed by atoms with E-state index in [1.165, 1.54) is 16.9 Å². The van der Waals surface area contributed by atoms with E-state index in [2.05, 4.69) is 29.6 Å². The zero-order valence-electron chi connectivity index (χ0n) is 19.5. The average Bonchev–Trinajstić information content (AvgIpc) is 3.44. The van der Waals surface area contributed by atoms with E-state index in [1.807, 2.05) is 19.9 Å². The molecule has 1 aromatic carbocycles. The van der Waals surface area contributed by atoms with Crippen LogP contribution >= 0.6 is 11.3 Å². The lowest BCUT2D eigenvalue weighted by Crippen LogP contribution is -2.30. The molecule has 0 spiro atoms. The molecule has 6 nitrogen and oxygen atoms in total. The number of hydrogen-bond acceptors (Lipinski definition) is 6. The predicted octanol–water partition coefficient (Wildman–Crippen LogP) is 4.79. The Bertz CT molecular complexity index is 892. The van der Waals surface area contributed by atoms with E-state index in [0.717, 1.165) is 49.0 Å². The molecule has 2 heterocycles. The lowest BCUT2D eigenvalue weighted by Gasteiger charge is -2.20. The van der Waals surface area contributed by atoms with Crippen molar-refractivity contribution in [1.29, 1.82) is 0 Å². The summed E-state index contributed by atoms with van der Waals surface area (Å²) in [6.45, 7) is 4.36. The quantitative estimate of drug-likeness (QED) is 0.323. The van der Waals surface area contributed by atoms with Crippen molar-refractivity contribution in [3.8, 4) is 0 Å². The van der Waals surface area contributed by atoms with Gasteiger partial charge in [0.05, 0.1) is 18.8 Å². The molecule has 2 atom stereocenters. The number of rotatable bonds is 13. The van der Waals surface area contributed by atoms with Crippen LogP contribution in [0.25, 0.3) is 0 Å². The number of aliphatic hydroxyl groups is 1. The summed E-state index contributed by atoms with van der Waals surface area (Å²) in [6.07, 6.45) is 5.99. The molecule has 180 valence electrons. The van der Waals surface area contributed by atoms with E-state index >= 15 is 0 Å². The fraction of sp³-hybridized carbons (Fsp3) is 0.538. The number of carbonyl (C=O) groups is 2. The van der Waals surface area contributed by atoms with Crippen LogP contribution in [0.2, 0.25) is 0 Å². The molecule has 0 unspecified atom stereocenters. The van der Waals surface area contributed by atoms with Gasteiger partial charge in [-0.05, 0) is 62.8 Å². The highest BCUT2D eigenvalue weighted by Crippen LogP contribution is 2.33. The monoisotopic (exact) mass is 473 g/mol. The Morgan fingerprint density at radius 1 is 1.12 bits per heavy atom. The molecule has 33 heavy (non-hydrogen) atoms. The molecule has 2 N–H and O–H groups in total. The summed E-state index contributed by atoms with van der Waals surface area (Å²) < 4.78 is 11.6. The third-order valence-corrected chi connectivity index (χ3v) is 6.74. The van der Waals surface area contributed by atoms with Gasteiger partial charge in [0.25, 0.3) is 0 Å². The Hall–Kier alpha value is -2.22. The zero-order chi connectivity index (χ0) is 23.6. The number of esters is 1. The van der Waals surface area contributed by atoms with Gasteiger partial charge in [-0.15, -0.1) is 11.3 Å². The lowest BCUT2D eigenvalue weighted by atomic mass is 10.0. The van der Waals surface area contributed by atoms with Gasteiger partial charge >= 0.3 is 5.97 Å². The molecule has 0 saturated carbocycles. The SMILES string of the molecule is CC(C)OC(=O)c1ccc([C@@H](OC[C@H]2CCC(=O)N2)c2ccc(CCCCCCO)cc2)s1. The first kappa shape index (κ1) is 25.4. The van der Waals surface area contributed by atoms with Gasteiger partial charge in [0.1, 0.15) is 11.0 Å². The summed E-state index contributed by atoms with van der Waals surface area (Å²) in [7, 11) is 0. The van der Waals surface area contributed by atoms with E-state index < -0.39 is 0 Å². The Morgan fingerprint density at radius 2 is 1.88 bits per heavy atom. The highest BCUT2D eigenvalue weighted by molar-refractivity contribution is 7.14. The number of carbonyl (C=O) groups excluding carboxylic acids is 2. The van der Waals surface area contributed by atoms with Crippen molar-refractivity contribution in [1.82, 2.24) is 5.32 Å². The lowest BCUT2D eigenvalue weighted by molar-refractivity contribution is -0.119. The second-order valence-electron chi connectivity index (χ2n) is 8.80. The summed E-state index contributed by atoms with van der Waals surface area (Å²) in [5.74, 6) is -0.252. The van der Waals surface area contributed by atoms with Crippen molar-refractivity contribution in [3.63, 3.8) is 0 Å². The van der Waals surface area contributed by atoms with Gasteiger partial charge in [-0.1, -0.05) is 37.1 Å². The second-order valence-corrected chi connectivity index (χ2v) is 9.92. The minimum atomic E-state index is -0.320. The molecule has 0 aliphatic carbocycles. The Labute approximate surface area is 200 Å². The fourth-order valence-electron chi connectivity index (χ4n) is 3.89. The molecule has 0 bridgehead atoms. The van der Waals surface area contributed by atoms with Crippen molar-refractivity contribution >= 4 is 23.2 Å². The van der Waals surface area contributed by atoms with E-state index in [-0.39, 0.29) is 36.7 Å². The van der Waals surface area contributed by atoms with Crippen LogP contribution in [0.5, 0.6) is 0 Å². The van der Waals surface area contributed by atoms with Gasteiger partial charge < -0.3 is 19.9 Å². The highest BCUT2D eigenvalue weighted by Gasteiger charge is 2.25. The maximum absolute atomic E-state index is 12.3. The van der Waals surface area contributed by atoms with E-state index in [9.17, 15) is 9.59 Å². The smallest absolute Gasteiger partial charge is 0.348 e. The van der Waals surface area contributed by atoms with Crippen LogP contribution in [-0.4, -0.2) is 42.3 Å². The molecule has 7 heteroatoms. The first-order chi connectivity index (χ1) is 16.0. The number of ether oxygens (including phenoxy) is 2. The number of nitrogens with one attached hydrogen (secondary N) is 1. The van der Waals surface area contributed by atoms with E-state index in [0.29, 0.717) is 17.9 Å². The third-order valence-electron chi connectivity index (χ3n) is 5.63. The molecular formula is C26H35NO5S. The van der Waals surface area contributed by atoms with Crippen molar-refractivity contribution in [3.05, 3.63) is 57.3 Å². The molecule has 1 aliphatic rings. The molecule has 1 fully saturated rings. The number of benzene rings is 1. The summed E-state index contributed by atoms with van der Waals surface area (Å²) in [4.78, 5) is 25.4. The highest BCUT2D eigenvalue weighted by atomic mass is 32.1. The predicted molar refractivity (Wildman–Crippen MR) is 130 cm³/mol. The van der Waals surface area contributed by atoms with Crippen LogP contribution in [0.1, 0.15) is 84.2 Å². The largest absolute Gasteiger partial charge is 0.459 e. The molecule has 1 amide bonds. The molecular weight excluding hydrogens is 438 g/mol. The van der Waals surface area contributed by atoms with Crippen LogP contribution in [0, 0.1) is 0 Å². The first-order valence-corrected chi connectivity index (χ1v) is 12.7. The summed E-state index contributed by atoms with van der Waals surface area (Å²) in [5, 5.41) is 11.9. The van der Waals surface area contributed by atoms with Gasteiger partial charge in [-0.3, -0.25) is 4.79 Å². The standard InChI is InChI=1S/C26H35NO5S/c1-18(2)32-26(30)23-14-13-22(33-23)25(31-17-21-12-15-24(29)27-21)20-10-8-19(9-11-20)7-5-3-4-6-16-28/h8-11,13-14,18,21,25,28H,3-7,12,15-17H2,1-2H3,(H,27,29)/t21-,25+/m1/s1. The third kappa shape index (κ3) is 7.95. The minimum Gasteiger partial charge on any atom is -0.459 e. The van der Waals surface area contributed by atoms with Crippen molar-refractivity contribution in [2.24, 2.45) is 0 Å². The van der Waals surface area contributed by atoms with E-state index in [1.54, 1.807) is 6.07 Å². The van der Waals surface area contributed by atoms with E-state index in [4.69, 9.17) is 14.6 Å². The Kier molecular flexibility index (Phi) is 9.91. The fourth-order valence-corrected chi connectivity index (χ4v) is 4.86. The molecule has 0 radical (unpaired) electrons. The topological polar surface area (TPSA) is 84.9 Å². The molecule has 1 aliphatic heterocycles. The Balaban J connectivity index is 1.69. The van der Waals surface area contributed by atoms with Crippen LogP contribution in [0.3, 0.4) is 0 Å². The summed E-state index contributed by atoms with van der Waals surface area (Å²) in [5.41, 5.74) is 2.30. The minimum absolute atomic E-state index is 0.0172. The molecule has 1 saturated heterocycles. The van der Waals surface area contributed by atoms with Crippen LogP contribution in [0.15, 0.2) is 36.4 Å². The second kappa shape index (κ2) is 12.9. The molecule has 1 aromatic heterocycles. The van der Waals surface area contributed by atoms with Gasteiger partial charge in [-0.2, -0.15) is 0 Å². The first-order valence-electron chi connectivity index (χ1n) is 11.9. The number of aryl methyl sites for hydroxylation is 1. The van der Waals surface area contributed by atoms with Crippen LogP contribution < -0.4 is 5.32 Å². The van der Waals surface area contributed by atoms with Crippen molar-refractivity contribution in [2.75, 3.05) is 13.2 Å². The Morgan fingerprint density at radius 3 is 2.55 bits per heavy atom. The van der Waals surface area contributed by atoms with Gasteiger partial charge in [0, 0.05) is 17.9 Å². The van der Waals surface area contributed by atoms with Crippen molar-refractivity contribution < 1.29 is 24.2 Å². The van der Waals surface area contributed by atoms with Crippen LogP contribution in [0.4, 0.5) is 0 Å². The number of thiophene rings is 1. The number of amides is 1. The van der Waals surface area contributed by atoms with Gasteiger partial charge in [0.2, 0.25) is 5.91 Å². The number of hydrogen-bond donors (Lipinski definition) is 2. The maximum atomic E-state index is 12.3. The number of unbranched alkanes of at least 4 members (excludes halogenated alkanes) is 3. The normalized spacial score (nSPS) is 16.7. The summed E-state index contributed by atoms with van der Waals surface area (Å²) in [6, 6.07) is 12.2. The average molecular weight is 474 g/mol. The molecule has 3 rings (SSSR count). The maximum Gasteiger partial charge on any atom is 0.348 e. The summed E-state index contributed by atoms with van der Waals surface area (Å²) >= 11 is 1.39. The van der Waals surface area contributed by atoms with Gasteiger partial charge in [-0.25, -0.2) is 4.79 Å². The van der Waals surface area contributed by atoms with Crippen LogP contribution in [-0.2, 0) is 20.7 Å².